The van der Waals surface area contributed by atoms with Crippen LogP contribution in [0.15, 0.2) is 24.3 Å². The van der Waals surface area contributed by atoms with Crippen molar-refractivity contribution in [2.24, 2.45) is 5.92 Å². The Balaban J connectivity index is 0.00000300. The van der Waals surface area contributed by atoms with Crippen molar-refractivity contribution in [3.63, 3.8) is 0 Å². The Labute approximate surface area is 179 Å². The van der Waals surface area contributed by atoms with Crippen LogP contribution in [0.25, 0.3) is 0 Å². The standard InChI is InChI=1S/C21H32N4O3.ClH/c1-28-19-9-3-2-7-17(19)13-23-20(26)15-25-11-5-6-16(14-25)12-24-21(27)18-8-4-10-22-18;/h2-3,7,9,16,18,22H,4-6,8,10-15H2,1H3,(H,23,26)(H,24,27);1H. The first kappa shape index (κ1) is 23.4. The van der Waals surface area contributed by atoms with Crippen LogP contribution in [0.5, 0.6) is 5.75 Å². The predicted molar refractivity (Wildman–Crippen MR) is 115 cm³/mol. The number of benzene rings is 1. The molecule has 0 radical (unpaired) electrons. The molecule has 0 aliphatic carbocycles. The van der Waals surface area contributed by atoms with Crippen LogP contribution in [0.1, 0.15) is 31.2 Å². The molecule has 2 saturated heterocycles. The van der Waals surface area contributed by atoms with E-state index in [2.05, 4.69) is 20.9 Å². The first-order valence-corrected chi connectivity index (χ1v) is 10.3. The van der Waals surface area contributed by atoms with E-state index in [1.54, 1.807) is 7.11 Å². The van der Waals surface area contributed by atoms with Gasteiger partial charge in [0, 0.05) is 25.2 Å². The molecule has 2 fully saturated rings. The molecule has 8 heteroatoms. The molecule has 0 bridgehead atoms. The van der Waals surface area contributed by atoms with Gasteiger partial charge in [-0.3, -0.25) is 14.5 Å². The number of amides is 2. The molecule has 2 atom stereocenters. The normalized spacial score (nSPS) is 21.8. The van der Waals surface area contributed by atoms with E-state index in [0.29, 0.717) is 25.6 Å². The van der Waals surface area contributed by atoms with Crippen LogP contribution in [-0.4, -0.2) is 62.6 Å². The van der Waals surface area contributed by atoms with Crippen LogP contribution in [0.4, 0.5) is 0 Å². The van der Waals surface area contributed by atoms with E-state index in [4.69, 9.17) is 4.74 Å². The zero-order valence-electron chi connectivity index (χ0n) is 17.1. The maximum Gasteiger partial charge on any atom is 0.237 e. The number of ether oxygens (including phenoxy) is 1. The van der Waals surface area contributed by atoms with Gasteiger partial charge < -0.3 is 20.7 Å². The lowest BCUT2D eigenvalue weighted by Gasteiger charge is -2.32. The van der Waals surface area contributed by atoms with Gasteiger partial charge in [-0.25, -0.2) is 0 Å². The summed E-state index contributed by atoms with van der Waals surface area (Å²) in [6.07, 6.45) is 4.15. The van der Waals surface area contributed by atoms with Crippen LogP contribution in [-0.2, 0) is 16.1 Å². The fourth-order valence-corrected chi connectivity index (χ4v) is 4.04. The molecule has 2 amide bonds. The first-order chi connectivity index (χ1) is 13.7. The lowest BCUT2D eigenvalue weighted by molar-refractivity contribution is -0.124. The first-order valence-electron chi connectivity index (χ1n) is 10.3. The molecule has 7 nitrogen and oxygen atoms in total. The fourth-order valence-electron chi connectivity index (χ4n) is 4.04. The summed E-state index contributed by atoms with van der Waals surface area (Å²) in [4.78, 5) is 26.7. The molecular weight excluding hydrogens is 392 g/mol. The minimum absolute atomic E-state index is 0. The van der Waals surface area contributed by atoms with Crippen molar-refractivity contribution in [3.8, 4) is 5.75 Å². The maximum absolute atomic E-state index is 12.4. The van der Waals surface area contributed by atoms with Gasteiger partial charge >= 0.3 is 0 Å². The maximum atomic E-state index is 12.4. The second kappa shape index (κ2) is 12.0. The van der Waals surface area contributed by atoms with Crippen molar-refractivity contribution in [2.45, 2.75) is 38.3 Å². The van der Waals surface area contributed by atoms with Crippen molar-refractivity contribution in [1.29, 1.82) is 0 Å². The van der Waals surface area contributed by atoms with Crippen molar-refractivity contribution in [2.75, 3.05) is 39.8 Å². The van der Waals surface area contributed by atoms with Crippen LogP contribution in [0, 0.1) is 5.92 Å². The van der Waals surface area contributed by atoms with Crippen molar-refractivity contribution < 1.29 is 14.3 Å². The highest BCUT2D eigenvalue weighted by atomic mass is 35.5. The summed E-state index contributed by atoms with van der Waals surface area (Å²) in [7, 11) is 1.64. The van der Waals surface area contributed by atoms with Gasteiger partial charge in [-0.05, 0) is 50.8 Å². The number of carbonyl (C=O) groups is 2. The van der Waals surface area contributed by atoms with Crippen molar-refractivity contribution >= 4 is 24.2 Å². The molecule has 2 aliphatic rings. The minimum Gasteiger partial charge on any atom is -0.496 e. The lowest BCUT2D eigenvalue weighted by Crippen LogP contribution is -2.47. The summed E-state index contributed by atoms with van der Waals surface area (Å²) < 4.78 is 5.32. The Kier molecular flexibility index (Phi) is 9.70. The van der Waals surface area contributed by atoms with Crippen molar-refractivity contribution in [3.05, 3.63) is 29.8 Å². The van der Waals surface area contributed by atoms with Gasteiger partial charge in [-0.2, -0.15) is 0 Å². The van der Waals surface area contributed by atoms with Crippen LogP contribution >= 0.6 is 12.4 Å². The quantitative estimate of drug-likeness (QED) is 0.586. The van der Waals surface area contributed by atoms with Gasteiger partial charge in [-0.1, -0.05) is 18.2 Å². The van der Waals surface area contributed by atoms with Gasteiger partial charge in [-0.15, -0.1) is 12.4 Å². The van der Waals surface area contributed by atoms with Crippen LogP contribution < -0.4 is 20.7 Å². The monoisotopic (exact) mass is 424 g/mol. The van der Waals surface area contributed by atoms with Gasteiger partial charge in [0.1, 0.15) is 5.75 Å². The number of hydrogen-bond acceptors (Lipinski definition) is 5. The van der Waals surface area contributed by atoms with E-state index in [-0.39, 0.29) is 30.3 Å². The molecule has 1 aromatic carbocycles. The van der Waals surface area contributed by atoms with E-state index in [9.17, 15) is 9.59 Å². The average Bonchev–Trinajstić information content (AvgIpc) is 3.26. The second-order valence-electron chi connectivity index (χ2n) is 7.73. The number of para-hydroxylation sites is 1. The third-order valence-electron chi connectivity index (χ3n) is 5.58. The Morgan fingerprint density at radius 1 is 1.21 bits per heavy atom. The van der Waals surface area contributed by atoms with Gasteiger partial charge in [0.15, 0.2) is 0 Å². The Morgan fingerprint density at radius 2 is 2.03 bits per heavy atom. The van der Waals surface area contributed by atoms with Gasteiger partial charge in [0.2, 0.25) is 11.8 Å². The van der Waals surface area contributed by atoms with Gasteiger partial charge in [0.05, 0.1) is 19.7 Å². The molecule has 1 aromatic rings. The van der Waals surface area contributed by atoms with Crippen molar-refractivity contribution in [1.82, 2.24) is 20.9 Å². The molecule has 0 saturated carbocycles. The molecule has 2 aliphatic heterocycles. The Bertz CT molecular complexity index is 667. The highest BCUT2D eigenvalue weighted by Gasteiger charge is 2.25. The fraction of sp³-hybridized carbons (Fsp3) is 0.619. The SMILES string of the molecule is COc1ccccc1CNC(=O)CN1CCCC(CNC(=O)C2CCCN2)C1.Cl. The number of nitrogens with zero attached hydrogens (tertiary/aromatic N) is 1. The Morgan fingerprint density at radius 3 is 2.79 bits per heavy atom. The van der Waals surface area contributed by atoms with Crippen LogP contribution in [0.3, 0.4) is 0 Å². The van der Waals surface area contributed by atoms with Crippen LogP contribution in [0.2, 0.25) is 0 Å². The molecular formula is C21H33ClN4O3. The summed E-state index contributed by atoms with van der Waals surface area (Å²) >= 11 is 0. The molecule has 0 aromatic heterocycles. The van der Waals surface area contributed by atoms with E-state index < -0.39 is 0 Å². The second-order valence-corrected chi connectivity index (χ2v) is 7.73. The summed E-state index contributed by atoms with van der Waals surface area (Å²) in [5, 5.41) is 9.30. The third-order valence-corrected chi connectivity index (χ3v) is 5.58. The highest BCUT2D eigenvalue weighted by Crippen LogP contribution is 2.17. The number of carbonyl (C=O) groups excluding carboxylic acids is 2. The zero-order chi connectivity index (χ0) is 19.8. The number of nitrogens with one attached hydrogen (secondary N) is 3. The molecule has 3 N–H and O–H groups in total. The molecule has 2 heterocycles. The summed E-state index contributed by atoms with van der Waals surface area (Å²) in [6.45, 7) is 4.25. The molecule has 3 rings (SSSR count). The van der Waals surface area contributed by atoms with E-state index in [0.717, 1.165) is 56.6 Å². The average molecular weight is 425 g/mol. The third kappa shape index (κ3) is 7.17. The minimum atomic E-state index is -0.0274. The van der Waals surface area contributed by atoms with E-state index in [1.807, 2.05) is 24.3 Å². The molecule has 2 unspecified atom stereocenters. The number of methoxy groups -OCH3 is 1. The number of rotatable bonds is 8. The van der Waals surface area contributed by atoms with E-state index in [1.165, 1.54) is 0 Å². The largest absolute Gasteiger partial charge is 0.496 e. The van der Waals surface area contributed by atoms with E-state index >= 15 is 0 Å². The highest BCUT2D eigenvalue weighted by molar-refractivity contribution is 5.85. The zero-order valence-corrected chi connectivity index (χ0v) is 17.9. The molecule has 29 heavy (non-hydrogen) atoms. The Hall–Kier alpha value is -1.83. The number of piperidine rings is 1. The summed E-state index contributed by atoms with van der Waals surface area (Å²) in [5.74, 6) is 1.32. The lowest BCUT2D eigenvalue weighted by atomic mass is 9.98. The van der Waals surface area contributed by atoms with Gasteiger partial charge in [0.25, 0.3) is 0 Å². The number of hydrogen-bond donors (Lipinski definition) is 3. The number of halogens is 1. The summed E-state index contributed by atoms with van der Waals surface area (Å²) in [6, 6.07) is 7.68. The predicted octanol–water partition coefficient (Wildman–Crippen LogP) is 1.31. The molecule has 162 valence electrons. The summed E-state index contributed by atoms with van der Waals surface area (Å²) in [5.41, 5.74) is 0.970. The number of likely N-dealkylation sites (tertiary alicyclic amines) is 1. The topological polar surface area (TPSA) is 82.7 Å². The smallest absolute Gasteiger partial charge is 0.237 e. The molecule has 0 spiro atoms.